The molecule has 134 valence electrons. The molecule has 0 aliphatic heterocycles. The van der Waals surface area contributed by atoms with Crippen LogP contribution in [-0.2, 0) is 13.6 Å². The zero-order valence-corrected chi connectivity index (χ0v) is 14.7. The quantitative estimate of drug-likeness (QED) is 0.721. The van der Waals surface area contributed by atoms with E-state index in [4.69, 9.17) is 4.74 Å². The van der Waals surface area contributed by atoms with Crippen molar-refractivity contribution in [2.45, 2.75) is 6.54 Å². The normalized spacial score (nSPS) is 10.8. The largest absolute Gasteiger partial charge is 0.494 e. The average molecular weight is 355 g/mol. The number of methoxy groups -OCH3 is 1. The molecule has 2 aromatic carbocycles. The van der Waals surface area contributed by atoms with Gasteiger partial charge in [-0.3, -0.25) is 9.59 Å². The van der Waals surface area contributed by atoms with Crippen LogP contribution < -0.4 is 10.3 Å². The van der Waals surface area contributed by atoms with Crippen molar-refractivity contribution in [1.29, 1.82) is 0 Å². The number of carbonyl (C=O) groups is 1. The Morgan fingerprint density at radius 2 is 1.92 bits per heavy atom. The number of aromatic nitrogens is 2. The van der Waals surface area contributed by atoms with Crippen molar-refractivity contribution in [3.63, 3.8) is 0 Å². The van der Waals surface area contributed by atoms with Gasteiger partial charge in [-0.15, -0.1) is 0 Å². The second-order valence-corrected chi connectivity index (χ2v) is 5.95. The van der Waals surface area contributed by atoms with E-state index in [2.05, 4.69) is 5.10 Å². The Labute approximate surface area is 149 Å². The summed E-state index contributed by atoms with van der Waals surface area (Å²) in [7, 11) is 4.50. The molecule has 7 heteroatoms. The van der Waals surface area contributed by atoms with Crippen molar-refractivity contribution in [3.8, 4) is 5.75 Å². The van der Waals surface area contributed by atoms with E-state index in [1.807, 2.05) is 0 Å². The van der Waals surface area contributed by atoms with Crippen LogP contribution in [0.4, 0.5) is 4.39 Å². The molecule has 26 heavy (non-hydrogen) atoms. The lowest BCUT2D eigenvalue weighted by Gasteiger charge is -2.18. The number of aryl methyl sites for hydroxylation is 1. The third-order valence-electron chi connectivity index (χ3n) is 4.14. The number of fused-ring (bicyclic) bond motifs is 1. The Hall–Kier alpha value is -3.22. The first-order valence-corrected chi connectivity index (χ1v) is 7.96. The molecule has 0 unspecified atom stereocenters. The fourth-order valence-electron chi connectivity index (χ4n) is 2.79. The molecule has 3 rings (SSSR count). The van der Waals surface area contributed by atoms with E-state index in [1.165, 1.54) is 31.2 Å². The first-order valence-electron chi connectivity index (χ1n) is 7.96. The minimum absolute atomic E-state index is 0.147. The lowest BCUT2D eigenvalue weighted by molar-refractivity contribution is 0.0779. The van der Waals surface area contributed by atoms with Gasteiger partial charge in [0, 0.05) is 26.0 Å². The summed E-state index contributed by atoms with van der Waals surface area (Å²) < 4.78 is 19.9. The van der Waals surface area contributed by atoms with Gasteiger partial charge in [0.1, 0.15) is 0 Å². The van der Waals surface area contributed by atoms with Crippen LogP contribution in [0.3, 0.4) is 0 Å². The van der Waals surface area contributed by atoms with Gasteiger partial charge in [0.05, 0.1) is 12.5 Å². The topological polar surface area (TPSA) is 64.4 Å². The first kappa shape index (κ1) is 17.6. The maximum Gasteiger partial charge on any atom is 0.274 e. The number of amides is 1. The number of rotatable bonds is 4. The maximum atomic E-state index is 13.9. The number of halogens is 1. The Morgan fingerprint density at radius 3 is 2.58 bits per heavy atom. The Bertz CT molecular complexity index is 1050. The molecular formula is C19H18FN3O3. The highest BCUT2D eigenvalue weighted by Crippen LogP contribution is 2.20. The zero-order valence-electron chi connectivity index (χ0n) is 14.7. The van der Waals surface area contributed by atoms with Crippen molar-refractivity contribution >= 4 is 16.7 Å². The zero-order chi connectivity index (χ0) is 18.8. The summed E-state index contributed by atoms with van der Waals surface area (Å²) in [6.07, 6.45) is 0. The van der Waals surface area contributed by atoms with E-state index in [-0.39, 0.29) is 29.5 Å². The number of carbonyl (C=O) groups excluding carboxylic acids is 1. The number of benzene rings is 2. The standard InChI is InChI=1S/C19H18FN3O3/c1-22(11-12-8-9-16(26-3)15(20)10-12)19(25)17-13-6-4-5-7-14(13)18(24)23(2)21-17/h4-10H,11H2,1-3H3. The number of nitrogens with zero attached hydrogens (tertiary/aromatic N) is 3. The predicted molar refractivity (Wildman–Crippen MR) is 95.7 cm³/mol. The van der Waals surface area contributed by atoms with Gasteiger partial charge in [-0.1, -0.05) is 24.3 Å². The second-order valence-electron chi connectivity index (χ2n) is 5.95. The molecule has 6 nitrogen and oxygen atoms in total. The summed E-state index contributed by atoms with van der Waals surface area (Å²) in [4.78, 5) is 26.5. The van der Waals surface area contributed by atoms with Crippen LogP contribution >= 0.6 is 0 Å². The average Bonchev–Trinajstić information content (AvgIpc) is 2.64. The lowest BCUT2D eigenvalue weighted by atomic mass is 10.1. The van der Waals surface area contributed by atoms with E-state index in [0.29, 0.717) is 16.3 Å². The number of hydrogen-bond acceptors (Lipinski definition) is 4. The molecule has 0 atom stereocenters. The van der Waals surface area contributed by atoms with E-state index < -0.39 is 5.82 Å². The highest BCUT2D eigenvalue weighted by molar-refractivity contribution is 6.04. The summed E-state index contributed by atoms with van der Waals surface area (Å²) in [5.74, 6) is -0.696. The van der Waals surface area contributed by atoms with Gasteiger partial charge in [-0.2, -0.15) is 5.10 Å². The van der Waals surface area contributed by atoms with Gasteiger partial charge in [0.2, 0.25) is 0 Å². The SMILES string of the molecule is COc1ccc(CN(C)C(=O)c2nn(C)c(=O)c3ccccc23)cc1F. The maximum absolute atomic E-state index is 13.9. The van der Waals surface area contributed by atoms with Crippen LogP contribution in [0, 0.1) is 5.82 Å². The molecule has 0 saturated carbocycles. The highest BCUT2D eigenvalue weighted by atomic mass is 19.1. The van der Waals surface area contributed by atoms with Gasteiger partial charge in [-0.05, 0) is 23.8 Å². The molecule has 0 spiro atoms. The predicted octanol–water partition coefficient (Wildman–Crippen LogP) is 2.35. The Balaban J connectivity index is 1.94. The van der Waals surface area contributed by atoms with Crippen molar-refractivity contribution in [2.75, 3.05) is 14.2 Å². The lowest BCUT2D eigenvalue weighted by Crippen LogP contribution is -2.31. The molecule has 1 heterocycles. The fourth-order valence-corrected chi connectivity index (χ4v) is 2.79. The van der Waals surface area contributed by atoms with Crippen molar-refractivity contribution in [3.05, 3.63) is 69.9 Å². The molecule has 1 amide bonds. The molecule has 0 N–H and O–H groups in total. The third kappa shape index (κ3) is 3.15. The van der Waals surface area contributed by atoms with Gasteiger partial charge >= 0.3 is 0 Å². The van der Waals surface area contributed by atoms with Crippen LogP contribution in [0.15, 0.2) is 47.3 Å². The van der Waals surface area contributed by atoms with Crippen LogP contribution in [0.2, 0.25) is 0 Å². The molecule has 0 radical (unpaired) electrons. The van der Waals surface area contributed by atoms with Crippen molar-refractivity contribution in [2.24, 2.45) is 7.05 Å². The van der Waals surface area contributed by atoms with Crippen LogP contribution in [0.5, 0.6) is 5.75 Å². The van der Waals surface area contributed by atoms with E-state index in [1.54, 1.807) is 37.4 Å². The molecule has 0 aliphatic carbocycles. The third-order valence-corrected chi connectivity index (χ3v) is 4.14. The van der Waals surface area contributed by atoms with Crippen molar-refractivity contribution in [1.82, 2.24) is 14.7 Å². The highest BCUT2D eigenvalue weighted by Gasteiger charge is 2.19. The fraction of sp³-hybridized carbons (Fsp3) is 0.211. The first-order chi connectivity index (χ1) is 12.4. The minimum atomic E-state index is -0.489. The van der Waals surface area contributed by atoms with Crippen LogP contribution in [-0.4, -0.2) is 34.7 Å². The number of ether oxygens (including phenoxy) is 1. The molecule has 0 saturated heterocycles. The minimum Gasteiger partial charge on any atom is -0.494 e. The second kappa shape index (κ2) is 6.95. The smallest absolute Gasteiger partial charge is 0.274 e. The molecule has 0 fully saturated rings. The molecule has 0 aliphatic rings. The van der Waals surface area contributed by atoms with Crippen LogP contribution in [0.25, 0.3) is 10.8 Å². The Morgan fingerprint density at radius 1 is 1.23 bits per heavy atom. The summed E-state index contributed by atoms with van der Waals surface area (Å²) in [5, 5.41) is 5.05. The summed E-state index contributed by atoms with van der Waals surface area (Å²) in [5.41, 5.74) is 0.532. The summed E-state index contributed by atoms with van der Waals surface area (Å²) in [6, 6.07) is 11.4. The van der Waals surface area contributed by atoms with E-state index >= 15 is 0 Å². The van der Waals surface area contributed by atoms with Gasteiger partial charge < -0.3 is 9.64 Å². The monoisotopic (exact) mass is 355 g/mol. The van der Waals surface area contributed by atoms with Crippen molar-refractivity contribution < 1.29 is 13.9 Å². The summed E-state index contributed by atoms with van der Waals surface area (Å²) >= 11 is 0. The van der Waals surface area contributed by atoms with Gasteiger partial charge in [0.25, 0.3) is 11.5 Å². The molecule has 0 bridgehead atoms. The van der Waals surface area contributed by atoms with Gasteiger partial charge in [0.15, 0.2) is 17.3 Å². The number of hydrogen-bond donors (Lipinski definition) is 0. The van der Waals surface area contributed by atoms with Crippen LogP contribution in [0.1, 0.15) is 16.1 Å². The van der Waals surface area contributed by atoms with Gasteiger partial charge in [-0.25, -0.2) is 9.07 Å². The molecule has 3 aromatic rings. The molecular weight excluding hydrogens is 337 g/mol. The van der Waals surface area contributed by atoms with E-state index in [0.717, 1.165) is 4.68 Å². The molecule has 1 aromatic heterocycles. The van der Waals surface area contributed by atoms with E-state index in [9.17, 15) is 14.0 Å². The summed E-state index contributed by atoms with van der Waals surface area (Å²) in [6.45, 7) is 0.193. The Kier molecular flexibility index (Phi) is 4.71.